The standard InChI is InChI=1S/C20H31BrN2O3S/c1-14(2)19(15(3)4)22-20(24)17-8-10-23(11-9-17)27(25,26)13-16-6-5-7-18(21)12-16/h5-7,12,14-15,17,19H,8-11,13H2,1-4H3,(H,22,24). The summed E-state index contributed by atoms with van der Waals surface area (Å²) >= 11 is 3.38. The van der Waals surface area contributed by atoms with Gasteiger partial charge in [0.05, 0.1) is 5.75 Å². The van der Waals surface area contributed by atoms with Gasteiger partial charge >= 0.3 is 0 Å². The van der Waals surface area contributed by atoms with Crippen molar-refractivity contribution >= 4 is 31.9 Å². The van der Waals surface area contributed by atoms with Crippen LogP contribution < -0.4 is 5.32 Å². The van der Waals surface area contributed by atoms with Gasteiger partial charge in [-0.3, -0.25) is 4.79 Å². The van der Waals surface area contributed by atoms with Crippen molar-refractivity contribution in [2.45, 2.75) is 52.3 Å². The molecule has 1 aliphatic rings. The Morgan fingerprint density at radius 2 is 1.78 bits per heavy atom. The summed E-state index contributed by atoms with van der Waals surface area (Å²) in [5.74, 6) is 0.694. The summed E-state index contributed by atoms with van der Waals surface area (Å²) in [5, 5.41) is 3.17. The van der Waals surface area contributed by atoms with Crippen LogP contribution in [0.4, 0.5) is 0 Å². The highest BCUT2D eigenvalue weighted by Crippen LogP contribution is 2.23. The van der Waals surface area contributed by atoms with E-state index < -0.39 is 10.0 Å². The lowest BCUT2D eigenvalue weighted by Crippen LogP contribution is -2.48. The van der Waals surface area contributed by atoms with Crippen LogP contribution in [-0.4, -0.2) is 37.8 Å². The molecular weight excluding hydrogens is 428 g/mol. The third-order valence-corrected chi connectivity index (χ3v) is 7.54. The van der Waals surface area contributed by atoms with Gasteiger partial charge in [-0.1, -0.05) is 55.8 Å². The van der Waals surface area contributed by atoms with E-state index >= 15 is 0 Å². The Bertz CT molecular complexity index is 733. The minimum Gasteiger partial charge on any atom is -0.353 e. The number of rotatable bonds is 7. The Morgan fingerprint density at radius 3 is 2.30 bits per heavy atom. The summed E-state index contributed by atoms with van der Waals surface area (Å²) in [6.07, 6.45) is 1.15. The molecule has 152 valence electrons. The minimum atomic E-state index is -3.37. The van der Waals surface area contributed by atoms with E-state index in [-0.39, 0.29) is 23.6 Å². The molecular formula is C20H31BrN2O3S. The number of amides is 1. The zero-order chi connectivity index (χ0) is 20.2. The predicted molar refractivity (Wildman–Crippen MR) is 113 cm³/mol. The van der Waals surface area contributed by atoms with Crippen LogP contribution in [0.1, 0.15) is 46.1 Å². The molecule has 0 atom stereocenters. The van der Waals surface area contributed by atoms with Gasteiger partial charge in [-0.15, -0.1) is 0 Å². The van der Waals surface area contributed by atoms with E-state index in [4.69, 9.17) is 0 Å². The first kappa shape index (κ1) is 22.4. The molecule has 27 heavy (non-hydrogen) atoms. The number of halogens is 1. The number of benzene rings is 1. The third kappa shape index (κ3) is 6.29. The van der Waals surface area contributed by atoms with Crippen LogP contribution in [0.15, 0.2) is 28.7 Å². The third-order valence-electron chi connectivity index (χ3n) is 5.20. The maximum Gasteiger partial charge on any atom is 0.223 e. The number of piperidine rings is 1. The average Bonchev–Trinajstić information content (AvgIpc) is 2.58. The molecule has 0 aliphatic carbocycles. The van der Waals surface area contributed by atoms with Crippen molar-refractivity contribution in [1.29, 1.82) is 0 Å². The molecule has 0 saturated carbocycles. The highest BCUT2D eigenvalue weighted by atomic mass is 79.9. The largest absolute Gasteiger partial charge is 0.353 e. The van der Waals surface area contributed by atoms with Crippen molar-refractivity contribution in [2.75, 3.05) is 13.1 Å². The van der Waals surface area contributed by atoms with E-state index in [1.807, 2.05) is 24.3 Å². The number of sulfonamides is 1. The second-order valence-corrected chi connectivity index (χ2v) is 11.0. The minimum absolute atomic E-state index is 0.00786. The molecule has 0 unspecified atom stereocenters. The Morgan fingerprint density at radius 1 is 1.19 bits per heavy atom. The van der Waals surface area contributed by atoms with Gasteiger partial charge in [0, 0.05) is 29.5 Å². The maximum absolute atomic E-state index is 12.7. The lowest BCUT2D eigenvalue weighted by molar-refractivity contribution is -0.127. The molecule has 1 aromatic carbocycles. The molecule has 1 aromatic rings. The van der Waals surface area contributed by atoms with Gasteiger partial charge in [-0.25, -0.2) is 12.7 Å². The number of hydrogen-bond donors (Lipinski definition) is 1. The molecule has 1 fully saturated rings. The molecule has 0 spiro atoms. The van der Waals surface area contributed by atoms with Gasteiger partial charge < -0.3 is 5.32 Å². The van der Waals surface area contributed by atoms with Gasteiger partial charge in [-0.05, 0) is 42.4 Å². The van der Waals surface area contributed by atoms with Crippen molar-refractivity contribution in [3.8, 4) is 0 Å². The zero-order valence-corrected chi connectivity index (χ0v) is 19.0. The van der Waals surface area contributed by atoms with E-state index in [9.17, 15) is 13.2 Å². The molecule has 0 aromatic heterocycles. The summed E-state index contributed by atoms with van der Waals surface area (Å²) < 4.78 is 27.8. The smallest absolute Gasteiger partial charge is 0.223 e. The molecule has 5 nitrogen and oxygen atoms in total. The number of hydrogen-bond acceptors (Lipinski definition) is 3. The first-order chi connectivity index (χ1) is 12.6. The Labute approximate surface area is 172 Å². The van der Waals surface area contributed by atoms with Crippen LogP contribution in [0.3, 0.4) is 0 Å². The molecule has 2 rings (SSSR count). The number of carbonyl (C=O) groups is 1. The summed E-state index contributed by atoms with van der Waals surface area (Å²) in [6.45, 7) is 9.26. The lowest BCUT2D eigenvalue weighted by atomic mass is 9.91. The molecule has 0 bridgehead atoms. The molecule has 0 radical (unpaired) electrons. The summed E-state index contributed by atoms with van der Waals surface area (Å²) in [6, 6.07) is 7.51. The van der Waals surface area contributed by atoms with E-state index in [0.29, 0.717) is 37.8 Å². The monoisotopic (exact) mass is 458 g/mol. The van der Waals surface area contributed by atoms with Crippen molar-refractivity contribution in [1.82, 2.24) is 9.62 Å². The SMILES string of the molecule is CC(C)C(NC(=O)C1CCN(S(=O)(=O)Cc2cccc(Br)c2)CC1)C(C)C. The molecule has 7 heteroatoms. The van der Waals surface area contributed by atoms with Crippen molar-refractivity contribution in [2.24, 2.45) is 17.8 Å². The van der Waals surface area contributed by atoms with Crippen molar-refractivity contribution in [3.63, 3.8) is 0 Å². The average molecular weight is 459 g/mol. The van der Waals surface area contributed by atoms with Crippen LogP contribution >= 0.6 is 15.9 Å². The fraction of sp³-hybridized carbons (Fsp3) is 0.650. The van der Waals surface area contributed by atoms with Gasteiger partial charge in [0.1, 0.15) is 0 Å². The second kappa shape index (κ2) is 9.52. The topological polar surface area (TPSA) is 66.5 Å². The maximum atomic E-state index is 12.7. The fourth-order valence-electron chi connectivity index (χ4n) is 3.71. The summed E-state index contributed by atoms with van der Waals surface area (Å²) in [7, 11) is -3.37. The number of nitrogens with zero attached hydrogens (tertiary/aromatic N) is 1. The zero-order valence-electron chi connectivity index (χ0n) is 16.6. The molecule has 1 saturated heterocycles. The Kier molecular flexibility index (Phi) is 7.89. The normalized spacial score (nSPS) is 17.0. The molecule has 1 heterocycles. The van der Waals surface area contributed by atoms with E-state index in [1.54, 1.807) is 0 Å². The highest BCUT2D eigenvalue weighted by Gasteiger charge is 2.32. The van der Waals surface area contributed by atoms with Crippen molar-refractivity contribution < 1.29 is 13.2 Å². The van der Waals surface area contributed by atoms with Gasteiger partial charge in [-0.2, -0.15) is 0 Å². The predicted octanol–water partition coefficient (Wildman–Crippen LogP) is 3.79. The van der Waals surface area contributed by atoms with E-state index in [2.05, 4.69) is 48.9 Å². The Balaban J connectivity index is 1.93. The number of carbonyl (C=O) groups excluding carboxylic acids is 1. The van der Waals surface area contributed by atoms with Gasteiger partial charge in [0.25, 0.3) is 0 Å². The lowest BCUT2D eigenvalue weighted by Gasteiger charge is -2.33. The van der Waals surface area contributed by atoms with Crippen LogP contribution in [0.2, 0.25) is 0 Å². The van der Waals surface area contributed by atoms with Gasteiger partial charge in [0.15, 0.2) is 0 Å². The van der Waals surface area contributed by atoms with Crippen molar-refractivity contribution in [3.05, 3.63) is 34.3 Å². The van der Waals surface area contributed by atoms with Crippen LogP contribution in [0, 0.1) is 17.8 Å². The highest BCUT2D eigenvalue weighted by molar-refractivity contribution is 9.10. The fourth-order valence-corrected chi connectivity index (χ4v) is 5.71. The first-order valence-electron chi connectivity index (χ1n) is 9.62. The van der Waals surface area contributed by atoms with E-state index in [0.717, 1.165) is 10.0 Å². The van der Waals surface area contributed by atoms with Crippen LogP contribution in [-0.2, 0) is 20.6 Å². The second-order valence-electron chi connectivity index (χ2n) is 8.08. The quantitative estimate of drug-likeness (QED) is 0.675. The number of nitrogens with one attached hydrogen (secondary N) is 1. The Hall–Kier alpha value is -0.920. The molecule has 1 N–H and O–H groups in total. The first-order valence-corrected chi connectivity index (χ1v) is 12.0. The summed E-state index contributed by atoms with van der Waals surface area (Å²) in [5.41, 5.74) is 0.765. The van der Waals surface area contributed by atoms with Gasteiger partial charge in [0.2, 0.25) is 15.9 Å². The van der Waals surface area contributed by atoms with Crippen LogP contribution in [0.25, 0.3) is 0 Å². The van der Waals surface area contributed by atoms with Crippen LogP contribution in [0.5, 0.6) is 0 Å². The van der Waals surface area contributed by atoms with E-state index in [1.165, 1.54) is 4.31 Å². The summed E-state index contributed by atoms with van der Waals surface area (Å²) in [4.78, 5) is 12.6. The molecule has 1 aliphatic heterocycles. The molecule has 1 amide bonds.